The van der Waals surface area contributed by atoms with Crippen LogP contribution in [0.1, 0.15) is 32.3 Å². The van der Waals surface area contributed by atoms with E-state index in [-0.39, 0.29) is 5.78 Å². The molecule has 1 aromatic carbocycles. The Hall–Kier alpha value is -1.31. The number of carbonyl (C=O) groups is 1. The van der Waals surface area contributed by atoms with Crippen molar-refractivity contribution in [3.8, 4) is 5.75 Å². The molecule has 0 amide bonds. The molecule has 0 saturated heterocycles. The number of ketones is 1. The van der Waals surface area contributed by atoms with Gasteiger partial charge in [0.2, 0.25) is 0 Å². The van der Waals surface area contributed by atoms with E-state index < -0.39 is 0 Å². The molecule has 2 nitrogen and oxygen atoms in total. The molecule has 82 valence electrons. The summed E-state index contributed by atoms with van der Waals surface area (Å²) in [6.45, 7) is 4.35. The minimum atomic E-state index is 0.223. The first kappa shape index (κ1) is 11.8. The largest absolute Gasteiger partial charge is 0.494 e. The summed E-state index contributed by atoms with van der Waals surface area (Å²) < 4.78 is 5.55. The molecule has 15 heavy (non-hydrogen) atoms. The number of hydrogen-bond acceptors (Lipinski definition) is 2. The highest BCUT2D eigenvalue weighted by atomic mass is 16.5. The summed E-state index contributed by atoms with van der Waals surface area (Å²) in [4.78, 5) is 10.7. The predicted molar refractivity (Wildman–Crippen MR) is 61.2 cm³/mol. The van der Waals surface area contributed by atoms with Crippen LogP contribution >= 0.6 is 0 Å². The third-order valence-corrected chi connectivity index (χ3v) is 2.25. The van der Waals surface area contributed by atoms with Gasteiger partial charge in [0.25, 0.3) is 0 Å². The molecule has 0 fully saturated rings. The summed E-state index contributed by atoms with van der Waals surface area (Å²) >= 11 is 0. The normalized spacial score (nSPS) is 10.0. The number of ether oxygens (including phenoxy) is 1. The fraction of sp³-hybridized carbons (Fsp3) is 0.462. The summed E-state index contributed by atoms with van der Waals surface area (Å²) in [6.07, 6.45) is 2.42. The van der Waals surface area contributed by atoms with E-state index in [9.17, 15) is 4.79 Å². The van der Waals surface area contributed by atoms with E-state index in [4.69, 9.17) is 4.74 Å². The zero-order chi connectivity index (χ0) is 11.1. The molecule has 1 aromatic rings. The predicted octanol–water partition coefficient (Wildman–Crippen LogP) is 3.00. The van der Waals surface area contributed by atoms with E-state index in [0.717, 1.165) is 18.6 Å². The van der Waals surface area contributed by atoms with Gasteiger partial charge >= 0.3 is 0 Å². The molecule has 0 N–H and O–H groups in total. The van der Waals surface area contributed by atoms with Gasteiger partial charge in [-0.15, -0.1) is 0 Å². The summed E-state index contributed by atoms with van der Waals surface area (Å²) in [5, 5.41) is 0. The van der Waals surface area contributed by atoms with Gasteiger partial charge in [0.15, 0.2) is 0 Å². The zero-order valence-corrected chi connectivity index (χ0v) is 9.45. The van der Waals surface area contributed by atoms with Gasteiger partial charge in [-0.2, -0.15) is 0 Å². The summed E-state index contributed by atoms with van der Waals surface area (Å²) in [6, 6.07) is 8.09. The van der Waals surface area contributed by atoms with Crippen molar-refractivity contribution in [2.75, 3.05) is 6.61 Å². The minimum Gasteiger partial charge on any atom is -0.494 e. The second-order valence-corrected chi connectivity index (χ2v) is 3.65. The molecule has 0 radical (unpaired) electrons. The van der Waals surface area contributed by atoms with E-state index in [1.54, 1.807) is 6.92 Å². The fourth-order valence-electron chi connectivity index (χ4n) is 1.37. The van der Waals surface area contributed by atoms with E-state index in [1.807, 2.05) is 18.2 Å². The number of aryl methyl sites for hydroxylation is 1. The van der Waals surface area contributed by atoms with Crippen molar-refractivity contribution in [1.82, 2.24) is 0 Å². The third-order valence-electron chi connectivity index (χ3n) is 2.25. The van der Waals surface area contributed by atoms with Gasteiger partial charge in [-0.05, 0) is 37.5 Å². The smallest absolute Gasteiger partial charge is 0.129 e. The lowest BCUT2D eigenvalue weighted by molar-refractivity contribution is -0.117. The lowest BCUT2D eigenvalue weighted by Crippen LogP contribution is -2.00. The van der Waals surface area contributed by atoms with Crippen LogP contribution in [0.4, 0.5) is 0 Å². The number of Topliss-reactive ketones (excluding diaryl/α,β-unsaturated/α-hetero) is 1. The highest BCUT2D eigenvalue weighted by Gasteiger charge is 1.97. The van der Waals surface area contributed by atoms with Crippen LogP contribution in [0.3, 0.4) is 0 Å². The molecule has 0 heterocycles. The minimum absolute atomic E-state index is 0.223. The number of rotatable bonds is 6. The Morgan fingerprint density at radius 3 is 2.87 bits per heavy atom. The Morgan fingerprint density at radius 1 is 1.40 bits per heavy atom. The maximum absolute atomic E-state index is 10.7. The maximum atomic E-state index is 10.7. The van der Waals surface area contributed by atoms with Crippen LogP contribution in [-0.2, 0) is 11.2 Å². The van der Waals surface area contributed by atoms with Crippen molar-refractivity contribution >= 4 is 5.78 Å². The van der Waals surface area contributed by atoms with Crippen molar-refractivity contribution in [2.45, 2.75) is 33.1 Å². The molecule has 0 aliphatic heterocycles. The molecule has 0 saturated carbocycles. The Labute approximate surface area is 91.3 Å². The molecule has 2 heteroatoms. The first-order chi connectivity index (χ1) is 7.22. The average molecular weight is 206 g/mol. The van der Waals surface area contributed by atoms with Crippen LogP contribution in [0, 0.1) is 0 Å². The van der Waals surface area contributed by atoms with Crippen LogP contribution in [0.5, 0.6) is 5.75 Å². The van der Waals surface area contributed by atoms with Crippen molar-refractivity contribution in [2.24, 2.45) is 0 Å². The van der Waals surface area contributed by atoms with Crippen molar-refractivity contribution in [3.63, 3.8) is 0 Å². The van der Waals surface area contributed by atoms with Gasteiger partial charge in [-0.3, -0.25) is 0 Å². The summed E-state index contributed by atoms with van der Waals surface area (Å²) in [5.41, 5.74) is 1.28. The van der Waals surface area contributed by atoms with Gasteiger partial charge in [-0.25, -0.2) is 0 Å². The molecular weight excluding hydrogens is 188 g/mol. The summed E-state index contributed by atoms with van der Waals surface area (Å²) in [5.74, 6) is 1.12. The first-order valence-electron chi connectivity index (χ1n) is 5.43. The Kier molecular flexibility index (Phi) is 4.88. The molecule has 0 aliphatic carbocycles. The van der Waals surface area contributed by atoms with Crippen molar-refractivity contribution < 1.29 is 9.53 Å². The molecule has 0 bridgehead atoms. The zero-order valence-electron chi connectivity index (χ0n) is 9.45. The van der Waals surface area contributed by atoms with Gasteiger partial charge in [0.1, 0.15) is 11.5 Å². The van der Waals surface area contributed by atoms with Gasteiger partial charge in [-0.1, -0.05) is 19.1 Å². The quantitative estimate of drug-likeness (QED) is 0.669. The molecule has 0 spiro atoms. The SMILES string of the molecule is CCc1cccc(OCCCC(C)=O)c1. The average Bonchev–Trinajstić information content (AvgIpc) is 2.24. The van der Waals surface area contributed by atoms with Crippen molar-refractivity contribution in [1.29, 1.82) is 0 Å². The van der Waals surface area contributed by atoms with E-state index in [1.165, 1.54) is 5.56 Å². The molecule has 0 atom stereocenters. The Morgan fingerprint density at radius 2 is 2.20 bits per heavy atom. The topological polar surface area (TPSA) is 26.3 Å². The second kappa shape index (κ2) is 6.23. The fourth-order valence-corrected chi connectivity index (χ4v) is 1.37. The molecular formula is C13H18O2. The van der Waals surface area contributed by atoms with Gasteiger partial charge in [0.05, 0.1) is 6.61 Å². The highest BCUT2D eigenvalue weighted by Crippen LogP contribution is 2.13. The maximum Gasteiger partial charge on any atom is 0.129 e. The molecule has 0 aromatic heterocycles. The van der Waals surface area contributed by atoms with Gasteiger partial charge < -0.3 is 9.53 Å². The van der Waals surface area contributed by atoms with E-state index in [2.05, 4.69) is 13.0 Å². The third kappa shape index (κ3) is 4.63. The first-order valence-corrected chi connectivity index (χ1v) is 5.43. The van der Waals surface area contributed by atoms with Crippen LogP contribution in [0.2, 0.25) is 0 Å². The van der Waals surface area contributed by atoms with Gasteiger partial charge in [0, 0.05) is 6.42 Å². The van der Waals surface area contributed by atoms with Crippen LogP contribution in [0.15, 0.2) is 24.3 Å². The van der Waals surface area contributed by atoms with Crippen LogP contribution < -0.4 is 4.74 Å². The van der Waals surface area contributed by atoms with E-state index in [0.29, 0.717) is 13.0 Å². The number of hydrogen-bond donors (Lipinski definition) is 0. The Balaban J connectivity index is 2.33. The summed E-state index contributed by atoms with van der Waals surface area (Å²) in [7, 11) is 0. The second-order valence-electron chi connectivity index (χ2n) is 3.65. The van der Waals surface area contributed by atoms with Crippen LogP contribution in [-0.4, -0.2) is 12.4 Å². The number of benzene rings is 1. The molecule has 0 unspecified atom stereocenters. The van der Waals surface area contributed by atoms with Crippen molar-refractivity contribution in [3.05, 3.63) is 29.8 Å². The lowest BCUT2D eigenvalue weighted by Gasteiger charge is -2.06. The Bertz CT molecular complexity index is 318. The van der Waals surface area contributed by atoms with Crippen LogP contribution in [0.25, 0.3) is 0 Å². The number of carbonyl (C=O) groups excluding carboxylic acids is 1. The lowest BCUT2D eigenvalue weighted by atomic mass is 10.2. The molecule has 0 aliphatic rings. The monoisotopic (exact) mass is 206 g/mol. The highest BCUT2D eigenvalue weighted by molar-refractivity contribution is 5.75. The van der Waals surface area contributed by atoms with E-state index >= 15 is 0 Å². The molecule has 1 rings (SSSR count). The standard InChI is InChI=1S/C13H18O2/c1-3-12-7-4-8-13(10-12)15-9-5-6-11(2)14/h4,7-8,10H,3,5-6,9H2,1-2H3.